The summed E-state index contributed by atoms with van der Waals surface area (Å²) in [7, 11) is -0.690. The zero-order valence-electron chi connectivity index (χ0n) is 27.7. The van der Waals surface area contributed by atoms with Crippen molar-refractivity contribution in [2.24, 2.45) is 5.92 Å². The van der Waals surface area contributed by atoms with Gasteiger partial charge in [-0.1, -0.05) is 67.7 Å². The Balaban J connectivity index is 1.39. The van der Waals surface area contributed by atoms with E-state index in [9.17, 15) is 14.7 Å². The van der Waals surface area contributed by atoms with Crippen molar-refractivity contribution in [3.8, 4) is 17.2 Å². The Kier molecular flexibility index (Phi) is 8.02. The molecule has 1 spiro atoms. The summed E-state index contributed by atoms with van der Waals surface area (Å²) in [5.41, 5.74) is 1.76. The molecule has 4 atom stereocenters. The average Bonchev–Trinajstić information content (AvgIpc) is 3.46. The van der Waals surface area contributed by atoms with Crippen LogP contribution < -0.4 is 24.5 Å². The summed E-state index contributed by atoms with van der Waals surface area (Å²) in [6.07, 6.45) is 1.76. The number of rotatable bonds is 8. The van der Waals surface area contributed by atoms with Crippen molar-refractivity contribution in [2.75, 3.05) is 30.1 Å². The molecule has 4 aromatic rings. The van der Waals surface area contributed by atoms with Gasteiger partial charge in [-0.25, -0.2) is 0 Å². The van der Waals surface area contributed by atoms with Crippen LogP contribution in [0.1, 0.15) is 29.3 Å². The molecule has 4 aromatic carbocycles. The van der Waals surface area contributed by atoms with E-state index >= 15 is 0 Å². The number of fused-ring (bicyclic) bond motifs is 4. The van der Waals surface area contributed by atoms with Crippen LogP contribution >= 0.6 is 0 Å². The molecule has 2 amide bonds. The van der Waals surface area contributed by atoms with Gasteiger partial charge in [-0.05, 0) is 66.6 Å². The number of benzene rings is 4. The molecule has 0 unspecified atom stereocenters. The lowest BCUT2D eigenvalue weighted by Crippen LogP contribution is -2.51. The van der Waals surface area contributed by atoms with E-state index in [1.807, 2.05) is 66.7 Å². The fourth-order valence-electron chi connectivity index (χ4n) is 8.21. The Morgan fingerprint density at radius 3 is 2.38 bits per heavy atom. The topological polar surface area (TPSA) is 88.5 Å². The van der Waals surface area contributed by atoms with Gasteiger partial charge in [-0.2, -0.15) is 0 Å². The number of carbonyl (C=O) groups is 2. The van der Waals surface area contributed by atoms with Crippen LogP contribution in [0.15, 0.2) is 104 Å². The SMILES string of the molecule is C=CCN1C(=O)[C@]2(O[C@H](CCO)[C@@H]([Si](C)(C)c3ccc(OC)cc3)[C@@H]2C)c2cc(N3C(=O)c4ccccc4Oc4ccccc43)ccc21. The van der Waals surface area contributed by atoms with Crippen molar-refractivity contribution in [2.45, 2.75) is 43.7 Å². The summed E-state index contributed by atoms with van der Waals surface area (Å²) in [6.45, 7) is 10.9. The van der Waals surface area contributed by atoms with E-state index in [4.69, 9.17) is 14.2 Å². The Morgan fingerprint density at radius 1 is 0.958 bits per heavy atom. The highest BCUT2D eigenvalue weighted by Gasteiger charge is 2.66. The van der Waals surface area contributed by atoms with Crippen LogP contribution in [-0.2, 0) is 15.1 Å². The third-order valence-electron chi connectivity index (χ3n) is 10.4. The predicted molar refractivity (Wildman–Crippen MR) is 190 cm³/mol. The van der Waals surface area contributed by atoms with Crippen LogP contribution in [0.2, 0.25) is 18.6 Å². The molecule has 3 heterocycles. The first-order valence-electron chi connectivity index (χ1n) is 16.4. The number of anilines is 3. The van der Waals surface area contributed by atoms with Crippen LogP contribution in [0.3, 0.4) is 0 Å². The second kappa shape index (κ2) is 12.1. The van der Waals surface area contributed by atoms with Crippen molar-refractivity contribution in [3.63, 3.8) is 0 Å². The first-order valence-corrected chi connectivity index (χ1v) is 19.5. The Hall–Kier alpha value is -4.70. The molecule has 0 bridgehead atoms. The molecule has 9 heteroatoms. The highest BCUT2D eigenvalue weighted by molar-refractivity contribution is 6.91. The molecule has 7 rings (SSSR count). The van der Waals surface area contributed by atoms with Gasteiger partial charge in [0.05, 0.1) is 38.2 Å². The monoisotopic (exact) mass is 660 g/mol. The van der Waals surface area contributed by atoms with E-state index in [1.165, 1.54) is 5.19 Å². The predicted octanol–water partition coefficient (Wildman–Crippen LogP) is 6.91. The van der Waals surface area contributed by atoms with Gasteiger partial charge < -0.3 is 24.2 Å². The zero-order chi connectivity index (χ0) is 33.8. The van der Waals surface area contributed by atoms with Crippen LogP contribution in [0.25, 0.3) is 0 Å². The molecule has 1 saturated heterocycles. The van der Waals surface area contributed by atoms with Gasteiger partial charge in [-0.15, -0.1) is 6.58 Å². The lowest BCUT2D eigenvalue weighted by Gasteiger charge is -2.37. The van der Waals surface area contributed by atoms with Gasteiger partial charge in [0, 0.05) is 30.3 Å². The van der Waals surface area contributed by atoms with E-state index in [2.05, 4.69) is 38.7 Å². The molecule has 0 radical (unpaired) electrons. The van der Waals surface area contributed by atoms with Crippen molar-refractivity contribution in [1.29, 1.82) is 0 Å². The molecule has 3 aliphatic rings. The molecule has 0 aliphatic carbocycles. The van der Waals surface area contributed by atoms with Crippen LogP contribution in [0.4, 0.5) is 17.1 Å². The number of nitrogens with zero attached hydrogens (tertiary/aromatic N) is 2. The minimum Gasteiger partial charge on any atom is -0.497 e. The van der Waals surface area contributed by atoms with Gasteiger partial charge in [0.2, 0.25) is 0 Å². The maximum Gasteiger partial charge on any atom is 0.266 e. The van der Waals surface area contributed by atoms with Crippen LogP contribution in [0.5, 0.6) is 17.2 Å². The summed E-state index contributed by atoms with van der Waals surface area (Å²) >= 11 is 0. The van der Waals surface area contributed by atoms with E-state index in [0.29, 0.717) is 47.0 Å². The molecule has 8 nitrogen and oxygen atoms in total. The standard InChI is InChI=1S/C39H40N2O6Si/c1-6-22-40-31-20-15-26(41-32-12-8-10-14-34(32)46-33-13-9-7-11-29(33)37(41)43)24-30(31)39(38(40)44)25(2)36(35(47-39)21-23-42)48(4,5)28-18-16-27(45-3)17-19-28/h6-20,24-25,35-36,42H,1,21-23H2,2-5H3/t25-,35+,36-,39+/m0/s1. The average molecular weight is 661 g/mol. The van der Waals surface area contributed by atoms with Crippen LogP contribution in [0, 0.1) is 5.92 Å². The smallest absolute Gasteiger partial charge is 0.266 e. The van der Waals surface area contributed by atoms with E-state index in [1.54, 1.807) is 35.1 Å². The van der Waals surface area contributed by atoms with Crippen molar-refractivity contribution in [1.82, 2.24) is 0 Å². The zero-order valence-corrected chi connectivity index (χ0v) is 28.7. The maximum absolute atomic E-state index is 14.8. The lowest BCUT2D eigenvalue weighted by molar-refractivity contribution is -0.146. The fraction of sp³-hybridized carbons (Fsp3) is 0.282. The van der Waals surface area contributed by atoms with E-state index in [0.717, 1.165) is 11.4 Å². The molecule has 0 saturated carbocycles. The van der Waals surface area contributed by atoms with Crippen LogP contribution in [-0.4, -0.2) is 51.4 Å². The molecule has 1 N–H and O–H groups in total. The normalized spacial score (nSPS) is 23.0. The number of ether oxygens (including phenoxy) is 3. The maximum atomic E-state index is 14.8. The number of hydrogen-bond acceptors (Lipinski definition) is 6. The van der Waals surface area contributed by atoms with Gasteiger partial charge in [0.1, 0.15) is 11.5 Å². The fourth-order valence-corrected chi connectivity index (χ4v) is 12.3. The summed E-state index contributed by atoms with van der Waals surface area (Å²) in [4.78, 5) is 32.5. The molecule has 0 aromatic heterocycles. The highest BCUT2D eigenvalue weighted by Crippen LogP contribution is 2.60. The summed E-state index contributed by atoms with van der Waals surface area (Å²) in [5.74, 6) is 1.19. The van der Waals surface area contributed by atoms with Crippen molar-refractivity contribution in [3.05, 3.63) is 115 Å². The molecular formula is C39H40N2O6Si. The molecular weight excluding hydrogens is 621 g/mol. The van der Waals surface area contributed by atoms with Gasteiger partial charge in [0.25, 0.3) is 11.8 Å². The summed E-state index contributed by atoms with van der Waals surface area (Å²) in [5, 5.41) is 11.5. The first-order chi connectivity index (χ1) is 23.2. The Bertz CT molecular complexity index is 1910. The largest absolute Gasteiger partial charge is 0.497 e. The number of para-hydroxylation sites is 3. The molecule has 48 heavy (non-hydrogen) atoms. The number of hydrogen-bond donors (Lipinski definition) is 1. The Labute approximate surface area is 282 Å². The Morgan fingerprint density at radius 2 is 1.67 bits per heavy atom. The first kappa shape index (κ1) is 31.9. The summed E-state index contributed by atoms with van der Waals surface area (Å²) in [6, 6.07) is 28.6. The van der Waals surface area contributed by atoms with E-state index < -0.39 is 13.7 Å². The number of carbonyl (C=O) groups excluding carboxylic acids is 2. The van der Waals surface area contributed by atoms with E-state index in [-0.39, 0.29) is 36.0 Å². The highest BCUT2D eigenvalue weighted by atomic mass is 28.3. The molecule has 1 fully saturated rings. The number of methoxy groups -OCH3 is 1. The molecule has 3 aliphatic heterocycles. The number of aliphatic hydroxyl groups is 1. The van der Waals surface area contributed by atoms with Gasteiger partial charge in [-0.3, -0.25) is 14.5 Å². The van der Waals surface area contributed by atoms with Crippen molar-refractivity contribution >= 4 is 42.1 Å². The minimum atomic E-state index is -2.34. The third kappa shape index (κ3) is 4.71. The summed E-state index contributed by atoms with van der Waals surface area (Å²) < 4.78 is 18.7. The minimum absolute atomic E-state index is 0.0111. The second-order valence-electron chi connectivity index (χ2n) is 13.3. The van der Waals surface area contributed by atoms with Gasteiger partial charge >= 0.3 is 0 Å². The number of aliphatic hydroxyl groups excluding tert-OH is 1. The van der Waals surface area contributed by atoms with Gasteiger partial charge in [0.15, 0.2) is 11.4 Å². The van der Waals surface area contributed by atoms with Crippen molar-refractivity contribution < 1.29 is 28.9 Å². The lowest BCUT2D eigenvalue weighted by atomic mass is 9.82. The third-order valence-corrected chi connectivity index (χ3v) is 14.8. The number of amides is 2. The second-order valence-corrected chi connectivity index (χ2v) is 18.0. The quantitative estimate of drug-likeness (QED) is 0.163. The molecule has 246 valence electrons.